The minimum absolute atomic E-state index is 0.0140. The van der Waals surface area contributed by atoms with E-state index in [1.54, 1.807) is 23.1 Å². The normalized spacial score (nSPS) is 15.6. The molecule has 1 fully saturated rings. The molecule has 1 saturated heterocycles. The number of hydrogen-bond donors (Lipinski definition) is 0. The van der Waals surface area contributed by atoms with Crippen LogP contribution in [-0.4, -0.2) is 49.7 Å². The lowest BCUT2D eigenvalue weighted by atomic mass is 10.0. The second-order valence-corrected chi connectivity index (χ2v) is 9.47. The Balaban J connectivity index is 1.40. The molecule has 0 N–H and O–H groups in total. The highest BCUT2D eigenvalue weighted by molar-refractivity contribution is 7.89. The van der Waals surface area contributed by atoms with E-state index in [0.717, 1.165) is 16.3 Å². The van der Waals surface area contributed by atoms with Crippen LogP contribution in [-0.2, 0) is 21.2 Å². The van der Waals surface area contributed by atoms with Crippen molar-refractivity contribution in [2.24, 2.45) is 0 Å². The fourth-order valence-corrected chi connectivity index (χ4v) is 5.31. The molecule has 0 saturated carbocycles. The maximum atomic E-state index is 12.8. The van der Waals surface area contributed by atoms with Gasteiger partial charge in [0.1, 0.15) is 0 Å². The first kappa shape index (κ1) is 19.9. The van der Waals surface area contributed by atoms with Crippen molar-refractivity contribution in [2.45, 2.75) is 11.3 Å². The summed E-state index contributed by atoms with van der Waals surface area (Å²) in [6.07, 6.45) is 0.311. The fourth-order valence-electron chi connectivity index (χ4n) is 3.59. The van der Waals surface area contributed by atoms with Crippen molar-refractivity contribution in [1.82, 2.24) is 9.21 Å². The van der Waals surface area contributed by atoms with Crippen molar-refractivity contribution in [2.75, 3.05) is 26.2 Å². The third kappa shape index (κ3) is 4.29. The number of carbonyl (C=O) groups is 1. The van der Waals surface area contributed by atoms with Gasteiger partial charge in [0.2, 0.25) is 15.9 Å². The maximum absolute atomic E-state index is 12.8. The van der Waals surface area contributed by atoms with E-state index in [2.05, 4.69) is 0 Å². The van der Waals surface area contributed by atoms with E-state index in [0.29, 0.717) is 24.5 Å². The van der Waals surface area contributed by atoms with Crippen LogP contribution in [0.15, 0.2) is 71.6 Å². The van der Waals surface area contributed by atoms with Crippen LogP contribution in [0.2, 0.25) is 5.02 Å². The number of nitrogens with zero attached hydrogens (tertiary/aromatic N) is 2. The van der Waals surface area contributed by atoms with Gasteiger partial charge < -0.3 is 4.90 Å². The summed E-state index contributed by atoms with van der Waals surface area (Å²) < 4.78 is 27.0. The fraction of sp³-hybridized carbons (Fsp3) is 0.227. The molecular weight excluding hydrogens is 408 g/mol. The largest absolute Gasteiger partial charge is 0.340 e. The highest BCUT2D eigenvalue weighted by atomic mass is 35.5. The SMILES string of the molecule is O=C(Cc1ccc2ccccc2c1)N1CCN(S(=O)(=O)c2cccc(Cl)c2)CC1. The first-order valence-corrected chi connectivity index (χ1v) is 11.3. The molecule has 0 aromatic heterocycles. The molecule has 3 aromatic carbocycles. The lowest BCUT2D eigenvalue weighted by Crippen LogP contribution is -2.50. The Morgan fingerprint density at radius 2 is 1.59 bits per heavy atom. The van der Waals surface area contributed by atoms with Gasteiger partial charge in [-0.1, -0.05) is 60.1 Å². The van der Waals surface area contributed by atoms with Gasteiger partial charge in [-0.05, 0) is 34.5 Å². The molecule has 0 spiro atoms. The number of piperazine rings is 1. The van der Waals surface area contributed by atoms with Gasteiger partial charge in [0.15, 0.2) is 0 Å². The second kappa shape index (κ2) is 8.14. The third-order valence-electron chi connectivity index (χ3n) is 5.19. The van der Waals surface area contributed by atoms with Crippen molar-refractivity contribution in [3.8, 4) is 0 Å². The number of amides is 1. The van der Waals surface area contributed by atoms with Crippen LogP contribution >= 0.6 is 11.6 Å². The monoisotopic (exact) mass is 428 g/mol. The molecule has 3 aromatic rings. The predicted octanol–water partition coefficient (Wildman–Crippen LogP) is 3.57. The van der Waals surface area contributed by atoms with Crippen LogP contribution in [0, 0.1) is 0 Å². The Morgan fingerprint density at radius 3 is 2.31 bits per heavy atom. The van der Waals surface area contributed by atoms with Crippen molar-refractivity contribution in [3.05, 3.63) is 77.3 Å². The van der Waals surface area contributed by atoms with E-state index in [-0.39, 0.29) is 23.9 Å². The Bertz CT molecular complexity index is 1160. The summed E-state index contributed by atoms with van der Waals surface area (Å²) in [6, 6.07) is 20.3. The molecule has 0 aliphatic carbocycles. The smallest absolute Gasteiger partial charge is 0.243 e. The summed E-state index contributed by atoms with van der Waals surface area (Å²) in [5.41, 5.74) is 0.961. The average Bonchev–Trinajstić information content (AvgIpc) is 2.74. The zero-order valence-corrected chi connectivity index (χ0v) is 17.4. The van der Waals surface area contributed by atoms with E-state index in [4.69, 9.17) is 11.6 Å². The lowest BCUT2D eigenvalue weighted by molar-refractivity contribution is -0.131. The summed E-state index contributed by atoms with van der Waals surface area (Å²) in [4.78, 5) is 14.6. The quantitative estimate of drug-likeness (QED) is 0.638. The molecule has 0 bridgehead atoms. The molecule has 29 heavy (non-hydrogen) atoms. The summed E-state index contributed by atoms with van der Waals surface area (Å²) in [7, 11) is -3.61. The Hall–Kier alpha value is -2.41. The number of sulfonamides is 1. The minimum atomic E-state index is -3.61. The van der Waals surface area contributed by atoms with Gasteiger partial charge in [-0.3, -0.25) is 4.79 Å². The molecule has 4 rings (SSSR count). The summed E-state index contributed by atoms with van der Waals surface area (Å²) in [5.74, 6) is 0.0140. The van der Waals surface area contributed by atoms with Crippen LogP contribution in [0.25, 0.3) is 10.8 Å². The average molecular weight is 429 g/mol. The molecule has 5 nitrogen and oxygen atoms in total. The molecule has 1 amide bonds. The standard InChI is InChI=1S/C22H21ClN2O3S/c23-20-6-3-7-21(16-20)29(27,28)25-12-10-24(11-13-25)22(26)15-17-8-9-18-4-1-2-5-19(18)14-17/h1-9,14,16H,10-13,15H2. The zero-order chi connectivity index (χ0) is 20.4. The van der Waals surface area contributed by atoms with Crippen LogP contribution in [0.1, 0.15) is 5.56 Å². The number of halogens is 1. The molecule has 1 heterocycles. The molecule has 1 aliphatic rings. The van der Waals surface area contributed by atoms with Crippen molar-refractivity contribution >= 4 is 38.3 Å². The van der Waals surface area contributed by atoms with Gasteiger partial charge in [-0.15, -0.1) is 0 Å². The van der Waals surface area contributed by atoms with Gasteiger partial charge in [-0.2, -0.15) is 4.31 Å². The number of fused-ring (bicyclic) bond motifs is 1. The topological polar surface area (TPSA) is 57.7 Å². The number of rotatable bonds is 4. The van der Waals surface area contributed by atoms with Crippen LogP contribution in [0.4, 0.5) is 0 Å². The van der Waals surface area contributed by atoms with Crippen molar-refractivity contribution < 1.29 is 13.2 Å². The molecule has 7 heteroatoms. The van der Waals surface area contributed by atoms with Crippen molar-refractivity contribution in [1.29, 1.82) is 0 Å². The first-order valence-electron chi connectivity index (χ1n) is 9.45. The van der Waals surface area contributed by atoms with Gasteiger partial charge >= 0.3 is 0 Å². The Morgan fingerprint density at radius 1 is 0.862 bits per heavy atom. The lowest BCUT2D eigenvalue weighted by Gasteiger charge is -2.34. The van der Waals surface area contributed by atoms with Crippen LogP contribution in [0.5, 0.6) is 0 Å². The predicted molar refractivity (Wildman–Crippen MR) is 114 cm³/mol. The number of hydrogen-bond acceptors (Lipinski definition) is 3. The molecule has 150 valence electrons. The first-order chi connectivity index (χ1) is 13.9. The van der Waals surface area contributed by atoms with Gasteiger partial charge in [-0.25, -0.2) is 8.42 Å². The highest BCUT2D eigenvalue weighted by Crippen LogP contribution is 2.21. The molecule has 0 radical (unpaired) electrons. The zero-order valence-electron chi connectivity index (χ0n) is 15.8. The van der Waals surface area contributed by atoms with E-state index in [1.165, 1.54) is 10.4 Å². The molecule has 0 atom stereocenters. The highest BCUT2D eigenvalue weighted by Gasteiger charge is 2.30. The van der Waals surface area contributed by atoms with Crippen LogP contribution in [0.3, 0.4) is 0 Å². The van der Waals surface area contributed by atoms with E-state index in [9.17, 15) is 13.2 Å². The number of carbonyl (C=O) groups excluding carboxylic acids is 1. The summed E-state index contributed by atoms with van der Waals surface area (Å²) >= 11 is 5.93. The Kier molecular flexibility index (Phi) is 5.58. The summed E-state index contributed by atoms with van der Waals surface area (Å²) in [5, 5.41) is 2.63. The second-order valence-electron chi connectivity index (χ2n) is 7.10. The Labute approximate surface area is 175 Å². The van der Waals surface area contributed by atoms with E-state index >= 15 is 0 Å². The van der Waals surface area contributed by atoms with E-state index in [1.807, 2.05) is 42.5 Å². The minimum Gasteiger partial charge on any atom is -0.340 e. The molecule has 1 aliphatic heterocycles. The number of benzene rings is 3. The molecule has 0 unspecified atom stereocenters. The maximum Gasteiger partial charge on any atom is 0.243 e. The van der Waals surface area contributed by atoms with Gasteiger partial charge in [0, 0.05) is 31.2 Å². The van der Waals surface area contributed by atoms with Crippen LogP contribution < -0.4 is 0 Å². The molecular formula is C22H21ClN2O3S. The summed E-state index contributed by atoms with van der Waals surface area (Å²) in [6.45, 7) is 1.31. The van der Waals surface area contributed by atoms with E-state index < -0.39 is 10.0 Å². The van der Waals surface area contributed by atoms with Gasteiger partial charge in [0.25, 0.3) is 0 Å². The van der Waals surface area contributed by atoms with Crippen molar-refractivity contribution in [3.63, 3.8) is 0 Å². The van der Waals surface area contributed by atoms with Gasteiger partial charge in [0.05, 0.1) is 11.3 Å². The third-order valence-corrected chi connectivity index (χ3v) is 7.32.